The van der Waals surface area contributed by atoms with Gasteiger partial charge in [0, 0.05) is 49.6 Å². The van der Waals surface area contributed by atoms with Crippen molar-refractivity contribution in [2.75, 3.05) is 12.8 Å². The van der Waals surface area contributed by atoms with Gasteiger partial charge in [0.2, 0.25) is 15.0 Å². The lowest BCUT2D eigenvalue weighted by Gasteiger charge is -2.28. The molecule has 1 aliphatic heterocycles. The fourth-order valence-corrected chi connectivity index (χ4v) is 3.49. The first-order valence-corrected chi connectivity index (χ1v) is 9.73. The van der Waals surface area contributed by atoms with Crippen molar-refractivity contribution in [3.05, 3.63) is 51.6 Å². The van der Waals surface area contributed by atoms with E-state index in [0.717, 1.165) is 23.1 Å². The average molecular weight is 370 g/mol. The Morgan fingerprint density at radius 1 is 1.38 bits per heavy atom. The average Bonchev–Trinajstić information content (AvgIpc) is 2.53. The SMILES string of the molecule is Cc1ccc(F)c(CN2CCc3nc(S(C)(=O)=O)ncc3C2)c1Cl. The van der Waals surface area contributed by atoms with Crippen LogP contribution in [0.25, 0.3) is 0 Å². The Labute approximate surface area is 145 Å². The minimum absolute atomic E-state index is 0.150. The summed E-state index contributed by atoms with van der Waals surface area (Å²) < 4.78 is 37.1. The fourth-order valence-electron chi connectivity index (χ4n) is 2.75. The van der Waals surface area contributed by atoms with Crippen molar-refractivity contribution >= 4 is 21.4 Å². The molecule has 0 N–H and O–H groups in total. The van der Waals surface area contributed by atoms with Crippen molar-refractivity contribution in [3.8, 4) is 0 Å². The van der Waals surface area contributed by atoms with Crippen molar-refractivity contribution < 1.29 is 12.8 Å². The monoisotopic (exact) mass is 369 g/mol. The molecule has 2 heterocycles. The van der Waals surface area contributed by atoms with Gasteiger partial charge in [0.25, 0.3) is 0 Å². The van der Waals surface area contributed by atoms with Crippen LogP contribution in [0.3, 0.4) is 0 Å². The van der Waals surface area contributed by atoms with Gasteiger partial charge in [-0.1, -0.05) is 17.7 Å². The fraction of sp³-hybridized carbons (Fsp3) is 0.375. The number of fused-ring (bicyclic) bond motifs is 1. The molecular formula is C16H17ClFN3O2S. The molecule has 8 heteroatoms. The number of sulfone groups is 1. The van der Waals surface area contributed by atoms with E-state index in [0.29, 0.717) is 36.6 Å². The van der Waals surface area contributed by atoms with E-state index in [-0.39, 0.29) is 11.0 Å². The predicted octanol–water partition coefficient (Wildman–Crippen LogP) is 2.54. The Bertz CT molecular complexity index is 902. The molecule has 0 spiro atoms. The first-order chi connectivity index (χ1) is 11.3. The van der Waals surface area contributed by atoms with Crippen LogP contribution in [0.4, 0.5) is 4.39 Å². The normalized spacial score (nSPS) is 15.3. The van der Waals surface area contributed by atoms with Crippen LogP contribution in [0.15, 0.2) is 23.5 Å². The Kier molecular flexibility index (Phi) is 4.59. The zero-order valence-corrected chi connectivity index (χ0v) is 15.0. The number of halogens is 2. The van der Waals surface area contributed by atoms with Crippen LogP contribution in [0.5, 0.6) is 0 Å². The van der Waals surface area contributed by atoms with Crippen molar-refractivity contribution in [2.45, 2.75) is 31.6 Å². The minimum Gasteiger partial charge on any atom is -0.294 e. The maximum Gasteiger partial charge on any atom is 0.246 e. The van der Waals surface area contributed by atoms with E-state index >= 15 is 0 Å². The van der Waals surface area contributed by atoms with Crippen LogP contribution in [-0.2, 0) is 29.3 Å². The number of aromatic nitrogens is 2. The highest BCUT2D eigenvalue weighted by atomic mass is 35.5. The van der Waals surface area contributed by atoms with Gasteiger partial charge < -0.3 is 0 Å². The summed E-state index contributed by atoms with van der Waals surface area (Å²) >= 11 is 6.23. The summed E-state index contributed by atoms with van der Waals surface area (Å²) in [7, 11) is -3.42. The highest BCUT2D eigenvalue weighted by molar-refractivity contribution is 7.90. The predicted molar refractivity (Wildman–Crippen MR) is 89.1 cm³/mol. The summed E-state index contributed by atoms with van der Waals surface area (Å²) in [5.41, 5.74) is 2.91. The lowest BCUT2D eigenvalue weighted by Crippen LogP contribution is -2.31. The van der Waals surface area contributed by atoms with Crippen LogP contribution in [0, 0.1) is 12.7 Å². The molecule has 0 amide bonds. The largest absolute Gasteiger partial charge is 0.294 e. The Balaban J connectivity index is 1.83. The highest BCUT2D eigenvalue weighted by Gasteiger charge is 2.22. The van der Waals surface area contributed by atoms with Crippen molar-refractivity contribution in [2.24, 2.45) is 0 Å². The lowest BCUT2D eigenvalue weighted by atomic mass is 10.1. The molecule has 2 aromatic rings. The Hall–Kier alpha value is -1.57. The number of benzene rings is 1. The molecule has 0 atom stereocenters. The summed E-state index contributed by atoms with van der Waals surface area (Å²) in [5, 5.41) is 0.298. The molecule has 0 bridgehead atoms. The second-order valence-electron chi connectivity index (χ2n) is 6.01. The number of hydrogen-bond donors (Lipinski definition) is 0. The third kappa shape index (κ3) is 3.43. The smallest absolute Gasteiger partial charge is 0.246 e. The van der Waals surface area contributed by atoms with Crippen LogP contribution in [0.2, 0.25) is 5.02 Å². The van der Waals surface area contributed by atoms with Crippen molar-refractivity contribution in [3.63, 3.8) is 0 Å². The Morgan fingerprint density at radius 3 is 2.83 bits per heavy atom. The van der Waals surface area contributed by atoms with E-state index in [1.165, 1.54) is 6.07 Å². The zero-order valence-electron chi connectivity index (χ0n) is 13.4. The number of nitrogens with zero attached hydrogens (tertiary/aromatic N) is 3. The molecule has 128 valence electrons. The maximum absolute atomic E-state index is 14.1. The van der Waals surface area contributed by atoms with Gasteiger partial charge in [-0.15, -0.1) is 0 Å². The molecule has 3 rings (SSSR count). The van der Waals surface area contributed by atoms with Crippen molar-refractivity contribution in [1.29, 1.82) is 0 Å². The first kappa shape index (κ1) is 17.3. The van der Waals surface area contributed by atoms with Crippen LogP contribution >= 0.6 is 11.6 Å². The van der Waals surface area contributed by atoms with Crippen LogP contribution in [-0.4, -0.2) is 36.1 Å². The topological polar surface area (TPSA) is 63.2 Å². The molecule has 24 heavy (non-hydrogen) atoms. The van der Waals surface area contributed by atoms with Crippen molar-refractivity contribution in [1.82, 2.24) is 14.9 Å². The molecule has 0 saturated carbocycles. The standard InChI is InChI=1S/C16H17ClFN3O2S/c1-10-3-4-13(18)12(15(10)17)9-21-6-5-14-11(8-21)7-19-16(20-14)24(2,22)23/h3-4,7H,5-6,8-9H2,1-2H3. The molecule has 0 radical (unpaired) electrons. The maximum atomic E-state index is 14.1. The van der Waals surface area contributed by atoms with Crippen LogP contribution < -0.4 is 0 Å². The van der Waals surface area contributed by atoms with Gasteiger partial charge in [-0.05, 0) is 18.6 Å². The summed E-state index contributed by atoms with van der Waals surface area (Å²) in [6, 6.07) is 3.09. The molecule has 1 aliphatic rings. The quantitative estimate of drug-likeness (QED) is 0.778. The first-order valence-electron chi connectivity index (χ1n) is 7.46. The summed E-state index contributed by atoms with van der Waals surface area (Å²) in [5.74, 6) is -0.319. The summed E-state index contributed by atoms with van der Waals surface area (Å²) in [6.07, 6.45) is 3.22. The number of hydrogen-bond acceptors (Lipinski definition) is 5. The summed E-state index contributed by atoms with van der Waals surface area (Å²) in [6.45, 7) is 3.41. The number of rotatable bonds is 3. The number of aryl methyl sites for hydroxylation is 1. The molecule has 0 saturated heterocycles. The molecule has 0 aliphatic carbocycles. The van der Waals surface area contributed by atoms with Gasteiger partial charge in [-0.2, -0.15) is 0 Å². The molecule has 0 unspecified atom stereocenters. The van der Waals surface area contributed by atoms with Gasteiger partial charge in [0.05, 0.1) is 10.7 Å². The molecule has 1 aromatic heterocycles. The van der Waals surface area contributed by atoms with E-state index in [1.54, 1.807) is 12.3 Å². The molecular weight excluding hydrogens is 353 g/mol. The van der Waals surface area contributed by atoms with E-state index in [4.69, 9.17) is 11.6 Å². The van der Waals surface area contributed by atoms with E-state index in [9.17, 15) is 12.8 Å². The molecule has 1 aromatic carbocycles. The van der Waals surface area contributed by atoms with Gasteiger partial charge in [-0.3, -0.25) is 4.90 Å². The Morgan fingerprint density at radius 2 is 2.12 bits per heavy atom. The van der Waals surface area contributed by atoms with E-state index in [1.807, 2.05) is 6.92 Å². The van der Waals surface area contributed by atoms with E-state index in [2.05, 4.69) is 14.9 Å². The minimum atomic E-state index is -3.42. The lowest BCUT2D eigenvalue weighted by molar-refractivity contribution is 0.239. The van der Waals surface area contributed by atoms with Gasteiger partial charge >= 0.3 is 0 Å². The van der Waals surface area contributed by atoms with E-state index < -0.39 is 9.84 Å². The van der Waals surface area contributed by atoms with Gasteiger partial charge in [0.1, 0.15) is 5.82 Å². The summed E-state index contributed by atoms with van der Waals surface area (Å²) in [4.78, 5) is 10.1. The highest BCUT2D eigenvalue weighted by Crippen LogP contribution is 2.27. The van der Waals surface area contributed by atoms with Gasteiger partial charge in [0.15, 0.2) is 0 Å². The second kappa shape index (κ2) is 6.38. The second-order valence-corrected chi connectivity index (χ2v) is 8.30. The zero-order chi connectivity index (χ0) is 17.5. The van der Waals surface area contributed by atoms with Crippen LogP contribution in [0.1, 0.15) is 22.4 Å². The third-order valence-corrected chi connectivity index (χ3v) is 5.47. The third-order valence-electron chi connectivity index (χ3n) is 4.08. The molecule has 5 nitrogen and oxygen atoms in total. The van der Waals surface area contributed by atoms with Gasteiger partial charge in [-0.25, -0.2) is 22.8 Å². The molecule has 0 fully saturated rings.